The second kappa shape index (κ2) is 7.04. The summed E-state index contributed by atoms with van der Waals surface area (Å²) in [4.78, 5) is 13.0. The SMILES string of the molecule is CSc1ccc(OCC(=O)Nc2ccc(N)cc2C)cc1. The molecule has 5 heteroatoms. The van der Waals surface area contributed by atoms with Crippen LogP contribution in [0, 0.1) is 6.92 Å². The van der Waals surface area contributed by atoms with Gasteiger partial charge in [-0.25, -0.2) is 0 Å². The number of amides is 1. The molecule has 110 valence electrons. The molecular formula is C16H18N2O2S. The lowest BCUT2D eigenvalue weighted by atomic mass is 10.2. The lowest BCUT2D eigenvalue weighted by molar-refractivity contribution is -0.118. The van der Waals surface area contributed by atoms with E-state index < -0.39 is 0 Å². The minimum atomic E-state index is -0.197. The fourth-order valence-electron chi connectivity index (χ4n) is 1.83. The van der Waals surface area contributed by atoms with Crippen LogP contribution in [0.15, 0.2) is 47.4 Å². The predicted molar refractivity (Wildman–Crippen MR) is 87.9 cm³/mol. The van der Waals surface area contributed by atoms with E-state index in [2.05, 4.69) is 5.32 Å². The van der Waals surface area contributed by atoms with E-state index in [0.717, 1.165) is 16.1 Å². The highest BCUT2D eigenvalue weighted by Crippen LogP contribution is 2.20. The van der Waals surface area contributed by atoms with Crippen molar-refractivity contribution in [2.45, 2.75) is 11.8 Å². The van der Waals surface area contributed by atoms with Gasteiger partial charge in [-0.3, -0.25) is 4.79 Å². The molecule has 0 aliphatic rings. The monoisotopic (exact) mass is 302 g/mol. The lowest BCUT2D eigenvalue weighted by Gasteiger charge is -2.10. The first kappa shape index (κ1) is 15.3. The maximum absolute atomic E-state index is 11.9. The summed E-state index contributed by atoms with van der Waals surface area (Å²) in [6, 6.07) is 13.0. The Balaban J connectivity index is 1.89. The molecule has 0 saturated carbocycles. The Bertz CT molecular complexity index is 627. The van der Waals surface area contributed by atoms with Crippen LogP contribution < -0.4 is 15.8 Å². The summed E-state index contributed by atoms with van der Waals surface area (Å²) < 4.78 is 5.46. The molecule has 0 heterocycles. The molecule has 0 unspecified atom stereocenters. The fourth-order valence-corrected chi connectivity index (χ4v) is 2.24. The smallest absolute Gasteiger partial charge is 0.262 e. The van der Waals surface area contributed by atoms with Crippen LogP contribution >= 0.6 is 11.8 Å². The number of ether oxygens (including phenoxy) is 1. The van der Waals surface area contributed by atoms with Crippen molar-refractivity contribution in [2.24, 2.45) is 0 Å². The van der Waals surface area contributed by atoms with Crippen molar-refractivity contribution in [1.29, 1.82) is 0 Å². The molecule has 21 heavy (non-hydrogen) atoms. The molecular weight excluding hydrogens is 284 g/mol. The zero-order valence-corrected chi connectivity index (χ0v) is 12.9. The normalized spacial score (nSPS) is 10.2. The lowest BCUT2D eigenvalue weighted by Crippen LogP contribution is -2.20. The average Bonchev–Trinajstić information content (AvgIpc) is 2.48. The van der Waals surface area contributed by atoms with Gasteiger partial charge in [-0.05, 0) is 61.2 Å². The Hall–Kier alpha value is -2.14. The first-order chi connectivity index (χ1) is 10.1. The number of hydrogen-bond donors (Lipinski definition) is 2. The van der Waals surface area contributed by atoms with Gasteiger partial charge in [0.2, 0.25) is 0 Å². The third-order valence-corrected chi connectivity index (χ3v) is 3.70. The topological polar surface area (TPSA) is 64.3 Å². The Morgan fingerprint density at radius 2 is 1.95 bits per heavy atom. The van der Waals surface area contributed by atoms with Crippen molar-refractivity contribution in [3.63, 3.8) is 0 Å². The van der Waals surface area contributed by atoms with Gasteiger partial charge >= 0.3 is 0 Å². The average molecular weight is 302 g/mol. The van der Waals surface area contributed by atoms with Gasteiger partial charge in [-0.15, -0.1) is 11.8 Å². The van der Waals surface area contributed by atoms with E-state index in [1.54, 1.807) is 23.9 Å². The van der Waals surface area contributed by atoms with Crippen LogP contribution in [-0.4, -0.2) is 18.8 Å². The standard InChI is InChI=1S/C16H18N2O2S/c1-11-9-12(17)3-8-15(11)18-16(19)10-20-13-4-6-14(21-2)7-5-13/h3-9H,10,17H2,1-2H3,(H,18,19). The fraction of sp³-hybridized carbons (Fsp3) is 0.188. The Labute approximate surface area is 128 Å². The zero-order chi connectivity index (χ0) is 15.2. The first-order valence-corrected chi connectivity index (χ1v) is 7.74. The van der Waals surface area contributed by atoms with Crippen molar-refractivity contribution in [3.8, 4) is 5.75 Å². The maximum Gasteiger partial charge on any atom is 0.262 e. The van der Waals surface area contributed by atoms with Gasteiger partial charge in [0, 0.05) is 16.3 Å². The van der Waals surface area contributed by atoms with Crippen LogP contribution in [0.25, 0.3) is 0 Å². The zero-order valence-electron chi connectivity index (χ0n) is 12.1. The number of rotatable bonds is 5. The molecule has 0 bridgehead atoms. The first-order valence-electron chi connectivity index (χ1n) is 6.51. The molecule has 0 fully saturated rings. The number of thioether (sulfide) groups is 1. The van der Waals surface area contributed by atoms with Gasteiger partial charge < -0.3 is 15.8 Å². The van der Waals surface area contributed by atoms with E-state index in [1.807, 2.05) is 43.5 Å². The summed E-state index contributed by atoms with van der Waals surface area (Å²) in [5.74, 6) is 0.480. The van der Waals surface area contributed by atoms with Crippen molar-refractivity contribution in [3.05, 3.63) is 48.0 Å². The van der Waals surface area contributed by atoms with E-state index in [4.69, 9.17) is 10.5 Å². The number of nitrogens with one attached hydrogen (secondary N) is 1. The molecule has 0 saturated heterocycles. The molecule has 0 aliphatic carbocycles. The number of nitrogen functional groups attached to an aromatic ring is 1. The molecule has 3 N–H and O–H groups in total. The van der Waals surface area contributed by atoms with E-state index >= 15 is 0 Å². The third-order valence-electron chi connectivity index (χ3n) is 2.95. The molecule has 0 aliphatic heterocycles. The minimum absolute atomic E-state index is 0.0254. The Morgan fingerprint density at radius 3 is 2.57 bits per heavy atom. The second-order valence-corrected chi connectivity index (χ2v) is 5.47. The number of aryl methyl sites for hydroxylation is 1. The van der Waals surface area contributed by atoms with E-state index in [0.29, 0.717) is 11.4 Å². The van der Waals surface area contributed by atoms with E-state index in [-0.39, 0.29) is 12.5 Å². The highest BCUT2D eigenvalue weighted by atomic mass is 32.2. The number of benzene rings is 2. The van der Waals surface area contributed by atoms with Crippen LogP contribution in [0.2, 0.25) is 0 Å². The molecule has 0 aromatic heterocycles. The van der Waals surface area contributed by atoms with Gasteiger partial charge in [0.15, 0.2) is 6.61 Å². The van der Waals surface area contributed by atoms with Crippen molar-refractivity contribution >= 4 is 29.0 Å². The van der Waals surface area contributed by atoms with E-state index in [1.165, 1.54) is 0 Å². The molecule has 4 nitrogen and oxygen atoms in total. The van der Waals surface area contributed by atoms with Crippen LogP contribution in [0.5, 0.6) is 5.75 Å². The van der Waals surface area contributed by atoms with Crippen molar-refractivity contribution < 1.29 is 9.53 Å². The third kappa shape index (κ3) is 4.43. The number of anilines is 2. The Kier molecular flexibility index (Phi) is 5.11. The number of carbonyl (C=O) groups excluding carboxylic acids is 1. The van der Waals surface area contributed by atoms with Gasteiger partial charge in [0.25, 0.3) is 5.91 Å². The molecule has 2 rings (SSSR count). The highest BCUT2D eigenvalue weighted by molar-refractivity contribution is 7.98. The maximum atomic E-state index is 11.9. The van der Waals surface area contributed by atoms with Crippen LogP contribution in [0.4, 0.5) is 11.4 Å². The van der Waals surface area contributed by atoms with Crippen LogP contribution in [0.3, 0.4) is 0 Å². The van der Waals surface area contributed by atoms with Gasteiger partial charge in [0.05, 0.1) is 0 Å². The summed E-state index contributed by atoms with van der Waals surface area (Å²) in [5, 5.41) is 2.81. The number of carbonyl (C=O) groups is 1. The van der Waals surface area contributed by atoms with Crippen molar-refractivity contribution in [1.82, 2.24) is 0 Å². The molecule has 0 atom stereocenters. The second-order valence-electron chi connectivity index (χ2n) is 4.59. The minimum Gasteiger partial charge on any atom is -0.484 e. The summed E-state index contributed by atoms with van der Waals surface area (Å²) in [6.07, 6.45) is 2.01. The highest BCUT2D eigenvalue weighted by Gasteiger charge is 2.06. The Morgan fingerprint density at radius 1 is 1.24 bits per heavy atom. The van der Waals surface area contributed by atoms with Crippen molar-refractivity contribution in [2.75, 3.05) is 23.9 Å². The molecule has 0 spiro atoms. The number of hydrogen-bond acceptors (Lipinski definition) is 4. The van der Waals surface area contributed by atoms with Crippen LogP contribution in [0.1, 0.15) is 5.56 Å². The van der Waals surface area contributed by atoms with Gasteiger partial charge in [-0.1, -0.05) is 0 Å². The predicted octanol–water partition coefficient (Wildman–Crippen LogP) is 3.32. The molecule has 0 radical (unpaired) electrons. The van der Waals surface area contributed by atoms with Gasteiger partial charge in [-0.2, -0.15) is 0 Å². The largest absolute Gasteiger partial charge is 0.484 e. The molecule has 1 amide bonds. The van der Waals surface area contributed by atoms with Crippen LogP contribution in [-0.2, 0) is 4.79 Å². The molecule has 2 aromatic carbocycles. The summed E-state index contributed by atoms with van der Waals surface area (Å²) in [5.41, 5.74) is 8.02. The van der Waals surface area contributed by atoms with Gasteiger partial charge in [0.1, 0.15) is 5.75 Å². The quantitative estimate of drug-likeness (QED) is 0.657. The van der Waals surface area contributed by atoms with E-state index in [9.17, 15) is 4.79 Å². The number of nitrogens with two attached hydrogens (primary N) is 1. The summed E-state index contributed by atoms with van der Waals surface area (Å²) >= 11 is 1.66. The molecule has 2 aromatic rings. The summed E-state index contributed by atoms with van der Waals surface area (Å²) in [7, 11) is 0. The summed E-state index contributed by atoms with van der Waals surface area (Å²) in [6.45, 7) is 1.87.